The van der Waals surface area contributed by atoms with Gasteiger partial charge in [-0.2, -0.15) is 0 Å². The summed E-state index contributed by atoms with van der Waals surface area (Å²) in [5.41, 5.74) is -0.558. The molecule has 2 unspecified atom stereocenters. The molecule has 0 radical (unpaired) electrons. The van der Waals surface area contributed by atoms with Crippen LogP contribution in [0.15, 0.2) is 0 Å². The number of hydrogen-bond donors (Lipinski definition) is 1. The largest absolute Gasteiger partial charge is 0.365 e. The Morgan fingerprint density at radius 1 is 1.59 bits per heavy atom. The fourth-order valence-electron chi connectivity index (χ4n) is 2.85. The maximum atomic E-state index is 12.6. The summed E-state index contributed by atoms with van der Waals surface area (Å²) >= 11 is 0. The monoisotopic (exact) mass is 240 g/mol. The molecule has 17 heavy (non-hydrogen) atoms. The lowest BCUT2D eigenvalue weighted by molar-refractivity contribution is -0.153. The quantitative estimate of drug-likeness (QED) is 0.801. The third kappa shape index (κ3) is 2.63. The van der Waals surface area contributed by atoms with E-state index in [0.29, 0.717) is 6.04 Å². The van der Waals surface area contributed by atoms with Gasteiger partial charge in [0.25, 0.3) is 5.91 Å². The predicted molar refractivity (Wildman–Crippen MR) is 66.9 cm³/mol. The summed E-state index contributed by atoms with van der Waals surface area (Å²) in [6.07, 6.45) is 3.96. The zero-order valence-corrected chi connectivity index (χ0v) is 11.0. The molecule has 1 amide bonds. The number of carbonyl (C=O) groups is 1. The second kappa shape index (κ2) is 5.36. The maximum absolute atomic E-state index is 12.6. The van der Waals surface area contributed by atoms with Gasteiger partial charge in [0.05, 0.1) is 0 Å². The lowest BCUT2D eigenvalue weighted by atomic mass is 9.99. The molecular weight excluding hydrogens is 216 g/mol. The van der Waals surface area contributed by atoms with Gasteiger partial charge >= 0.3 is 0 Å². The normalized spacial score (nSPS) is 32.9. The molecular formula is C13H24N2O2. The number of nitrogens with zero attached hydrogens (tertiary/aromatic N) is 1. The standard InChI is InChI=1S/C13H24N2O2/c1-3-8-15(11-5-7-14-10-11)12(16)13(2)6-4-9-17-13/h11,14H,3-10H2,1-2H3. The summed E-state index contributed by atoms with van der Waals surface area (Å²) in [6.45, 7) is 7.61. The van der Waals surface area contributed by atoms with Crippen molar-refractivity contribution in [2.24, 2.45) is 0 Å². The van der Waals surface area contributed by atoms with E-state index in [1.165, 1.54) is 0 Å². The lowest BCUT2D eigenvalue weighted by Crippen LogP contribution is -2.52. The molecule has 4 nitrogen and oxygen atoms in total. The van der Waals surface area contributed by atoms with Crippen molar-refractivity contribution in [3.8, 4) is 0 Å². The molecule has 2 heterocycles. The highest BCUT2D eigenvalue weighted by atomic mass is 16.5. The Hall–Kier alpha value is -0.610. The molecule has 2 aliphatic heterocycles. The van der Waals surface area contributed by atoms with Crippen LogP contribution in [0.1, 0.15) is 39.5 Å². The van der Waals surface area contributed by atoms with E-state index in [1.54, 1.807) is 0 Å². The van der Waals surface area contributed by atoms with Gasteiger partial charge in [0.2, 0.25) is 0 Å². The van der Waals surface area contributed by atoms with Gasteiger partial charge in [0.15, 0.2) is 0 Å². The third-order valence-corrected chi connectivity index (χ3v) is 3.87. The van der Waals surface area contributed by atoms with E-state index in [0.717, 1.165) is 51.9 Å². The molecule has 0 aromatic rings. The van der Waals surface area contributed by atoms with Crippen LogP contribution >= 0.6 is 0 Å². The van der Waals surface area contributed by atoms with Gasteiger partial charge < -0.3 is 15.0 Å². The van der Waals surface area contributed by atoms with E-state index < -0.39 is 5.60 Å². The number of rotatable bonds is 4. The fraction of sp³-hybridized carbons (Fsp3) is 0.923. The molecule has 98 valence electrons. The first-order valence-corrected chi connectivity index (χ1v) is 6.83. The van der Waals surface area contributed by atoms with Crippen LogP contribution in [-0.2, 0) is 9.53 Å². The number of amides is 1. The van der Waals surface area contributed by atoms with E-state index in [-0.39, 0.29) is 5.91 Å². The average Bonchev–Trinajstić information content (AvgIpc) is 2.96. The highest BCUT2D eigenvalue weighted by Crippen LogP contribution is 2.28. The minimum absolute atomic E-state index is 0.200. The molecule has 0 spiro atoms. The molecule has 0 aromatic carbocycles. The molecule has 0 saturated carbocycles. The minimum Gasteiger partial charge on any atom is -0.365 e. The zero-order chi connectivity index (χ0) is 12.3. The van der Waals surface area contributed by atoms with Crippen molar-refractivity contribution in [1.82, 2.24) is 10.2 Å². The molecule has 4 heteroatoms. The maximum Gasteiger partial charge on any atom is 0.254 e. The number of ether oxygens (including phenoxy) is 1. The van der Waals surface area contributed by atoms with Crippen LogP contribution in [0.25, 0.3) is 0 Å². The number of carbonyl (C=O) groups excluding carboxylic acids is 1. The lowest BCUT2D eigenvalue weighted by Gasteiger charge is -2.34. The fourth-order valence-corrected chi connectivity index (χ4v) is 2.85. The van der Waals surface area contributed by atoms with E-state index in [9.17, 15) is 4.79 Å². The van der Waals surface area contributed by atoms with Crippen LogP contribution < -0.4 is 5.32 Å². The van der Waals surface area contributed by atoms with E-state index in [2.05, 4.69) is 12.2 Å². The van der Waals surface area contributed by atoms with E-state index in [4.69, 9.17) is 4.74 Å². The number of hydrogen-bond acceptors (Lipinski definition) is 3. The van der Waals surface area contributed by atoms with Crippen LogP contribution in [0, 0.1) is 0 Å². The van der Waals surface area contributed by atoms with Crippen molar-refractivity contribution in [1.29, 1.82) is 0 Å². The van der Waals surface area contributed by atoms with Crippen LogP contribution in [-0.4, -0.2) is 48.7 Å². The van der Waals surface area contributed by atoms with E-state index >= 15 is 0 Å². The summed E-state index contributed by atoms with van der Waals surface area (Å²) in [5.74, 6) is 0.200. The molecule has 2 fully saturated rings. The first kappa shape index (κ1) is 12.8. The van der Waals surface area contributed by atoms with Gasteiger partial charge in [-0.1, -0.05) is 6.92 Å². The second-order valence-corrected chi connectivity index (χ2v) is 5.33. The smallest absolute Gasteiger partial charge is 0.254 e. The summed E-state index contributed by atoms with van der Waals surface area (Å²) in [6, 6.07) is 0.364. The van der Waals surface area contributed by atoms with Crippen molar-refractivity contribution in [3.05, 3.63) is 0 Å². The van der Waals surface area contributed by atoms with Gasteiger partial charge in [-0.15, -0.1) is 0 Å². The van der Waals surface area contributed by atoms with Crippen LogP contribution in [0.2, 0.25) is 0 Å². The molecule has 2 aliphatic rings. The van der Waals surface area contributed by atoms with Crippen molar-refractivity contribution in [2.45, 2.75) is 51.2 Å². The van der Waals surface area contributed by atoms with Gasteiger partial charge in [0.1, 0.15) is 5.60 Å². The van der Waals surface area contributed by atoms with Crippen molar-refractivity contribution < 1.29 is 9.53 Å². The Kier molecular flexibility index (Phi) is 4.05. The second-order valence-electron chi connectivity index (χ2n) is 5.33. The summed E-state index contributed by atoms with van der Waals surface area (Å²) in [7, 11) is 0. The molecule has 0 bridgehead atoms. The molecule has 0 aliphatic carbocycles. The van der Waals surface area contributed by atoms with Crippen molar-refractivity contribution in [2.75, 3.05) is 26.2 Å². The van der Waals surface area contributed by atoms with E-state index in [1.807, 2.05) is 11.8 Å². The van der Waals surface area contributed by atoms with Gasteiger partial charge in [0, 0.05) is 25.7 Å². The molecule has 0 aromatic heterocycles. The molecule has 2 rings (SSSR count). The third-order valence-electron chi connectivity index (χ3n) is 3.87. The summed E-state index contributed by atoms with van der Waals surface area (Å²) in [4.78, 5) is 14.7. The highest BCUT2D eigenvalue weighted by molar-refractivity contribution is 5.85. The predicted octanol–water partition coefficient (Wildman–Crippen LogP) is 1.16. The Balaban J connectivity index is 2.06. The van der Waals surface area contributed by atoms with Crippen molar-refractivity contribution >= 4 is 5.91 Å². The molecule has 2 atom stereocenters. The summed E-state index contributed by atoms with van der Waals surface area (Å²) < 4.78 is 5.68. The first-order chi connectivity index (χ1) is 8.17. The van der Waals surface area contributed by atoms with Gasteiger partial charge in [-0.3, -0.25) is 4.79 Å². The number of nitrogens with one attached hydrogen (secondary N) is 1. The topological polar surface area (TPSA) is 41.6 Å². The minimum atomic E-state index is -0.558. The Labute approximate surface area is 104 Å². The van der Waals surface area contributed by atoms with Crippen LogP contribution in [0.3, 0.4) is 0 Å². The first-order valence-electron chi connectivity index (χ1n) is 6.83. The van der Waals surface area contributed by atoms with Crippen molar-refractivity contribution in [3.63, 3.8) is 0 Å². The Bertz CT molecular complexity index is 269. The van der Waals surface area contributed by atoms with Gasteiger partial charge in [-0.05, 0) is 39.2 Å². The van der Waals surface area contributed by atoms with Crippen LogP contribution in [0.5, 0.6) is 0 Å². The molecule has 2 saturated heterocycles. The average molecular weight is 240 g/mol. The van der Waals surface area contributed by atoms with Gasteiger partial charge in [-0.25, -0.2) is 0 Å². The summed E-state index contributed by atoms with van der Waals surface area (Å²) in [5, 5.41) is 3.33. The Morgan fingerprint density at radius 2 is 2.41 bits per heavy atom. The SMILES string of the molecule is CCCN(C(=O)C1(C)CCCO1)C1CCNC1. The Morgan fingerprint density at radius 3 is 2.94 bits per heavy atom. The zero-order valence-electron chi connectivity index (χ0n) is 11.0. The molecule has 1 N–H and O–H groups in total. The highest BCUT2D eigenvalue weighted by Gasteiger charge is 2.42. The van der Waals surface area contributed by atoms with Crippen LogP contribution in [0.4, 0.5) is 0 Å².